The van der Waals surface area contributed by atoms with Gasteiger partial charge in [-0.25, -0.2) is 4.79 Å². The Bertz CT molecular complexity index is 433. The van der Waals surface area contributed by atoms with Crippen LogP contribution in [0.2, 0.25) is 0 Å². The van der Waals surface area contributed by atoms with Gasteiger partial charge in [-0.3, -0.25) is 0 Å². The molecule has 6 nitrogen and oxygen atoms in total. The number of carbonyl (C=O) groups is 1. The molecule has 0 aliphatic rings. The zero-order chi connectivity index (χ0) is 13.7. The van der Waals surface area contributed by atoms with E-state index in [1.54, 1.807) is 0 Å². The summed E-state index contributed by atoms with van der Waals surface area (Å²) < 4.78 is 15.0. The largest absolute Gasteiger partial charge is 0.493 e. The van der Waals surface area contributed by atoms with Crippen molar-refractivity contribution in [3.05, 3.63) is 23.3 Å². The van der Waals surface area contributed by atoms with Crippen molar-refractivity contribution in [2.45, 2.75) is 6.04 Å². The molecule has 1 aromatic rings. The highest BCUT2D eigenvalue weighted by Crippen LogP contribution is 2.35. The lowest BCUT2D eigenvalue weighted by Gasteiger charge is -2.17. The third-order valence-electron chi connectivity index (χ3n) is 2.52. The van der Waals surface area contributed by atoms with Gasteiger partial charge in [-0.05, 0) is 12.1 Å². The Kier molecular flexibility index (Phi) is 4.94. The van der Waals surface area contributed by atoms with Gasteiger partial charge in [0, 0.05) is 5.56 Å². The molecule has 0 saturated heterocycles. The molecule has 0 bridgehead atoms. The van der Waals surface area contributed by atoms with Crippen molar-refractivity contribution in [3.63, 3.8) is 0 Å². The third kappa shape index (κ3) is 2.72. The van der Waals surface area contributed by atoms with E-state index in [9.17, 15) is 4.79 Å². The smallest absolute Gasteiger partial charge is 0.337 e. The average Bonchev–Trinajstić information content (AvgIpc) is 2.43. The Labute approximate surface area is 105 Å². The third-order valence-corrected chi connectivity index (χ3v) is 2.52. The molecule has 0 aliphatic heterocycles. The van der Waals surface area contributed by atoms with Crippen LogP contribution in [0.3, 0.4) is 0 Å². The molecule has 0 fully saturated rings. The van der Waals surface area contributed by atoms with Crippen LogP contribution in [0, 0.1) is 0 Å². The highest BCUT2D eigenvalue weighted by molar-refractivity contribution is 5.90. The quantitative estimate of drug-likeness (QED) is 0.744. The first-order valence-electron chi connectivity index (χ1n) is 5.29. The van der Waals surface area contributed by atoms with E-state index in [0.29, 0.717) is 17.1 Å². The molecular weight excluding hydrogens is 238 g/mol. The molecule has 1 rings (SSSR count). The first kappa shape index (κ1) is 14.3. The van der Waals surface area contributed by atoms with Gasteiger partial charge in [-0.2, -0.15) is 0 Å². The number of esters is 1. The molecule has 0 radical (unpaired) electrons. The van der Waals surface area contributed by atoms with E-state index in [1.165, 1.54) is 33.5 Å². The fraction of sp³-hybridized carbons (Fsp3) is 0.417. The lowest BCUT2D eigenvalue weighted by molar-refractivity contribution is 0.0600. The summed E-state index contributed by atoms with van der Waals surface area (Å²) in [5, 5.41) is 9.12. The highest BCUT2D eigenvalue weighted by atomic mass is 16.5. The molecule has 0 saturated carbocycles. The molecule has 0 aliphatic carbocycles. The summed E-state index contributed by atoms with van der Waals surface area (Å²) in [4.78, 5) is 11.5. The summed E-state index contributed by atoms with van der Waals surface area (Å²) in [6.07, 6.45) is 0. The Hall–Kier alpha value is -1.79. The van der Waals surface area contributed by atoms with E-state index in [-0.39, 0.29) is 12.2 Å². The van der Waals surface area contributed by atoms with Gasteiger partial charge in [0.05, 0.1) is 39.5 Å². The number of hydrogen-bond donors (Lipinski definition) is 2. The van der Waals surface area contributed by atoms with Crippen molar-refractivity contribution >= 4 is 5.97 Å². The molecule has 1 aromatic carbocycles. The molecule has 0 heterocycles. The fourth-order valence-electron chi connectivity index (χ4n) is 1.60. The van der Waals surface area contributed by atoms with Crippen LogP contribution >= 0.6 is 0 Å². The number of methoxy groups -OCH3 is 3. The van der Waals surface area contributed by atoms with Crippen molar-refractivity contribution in [1.29, 1.82) is 0 Å². The molecule has 3 N–H and O–H groups in total. The maximum Gasteiger partial charge on any atom is 0.337 e. The number of benzene rings is 1. The number of aliphatic hydroxyl groups is 1. The van der Waals surface area contributed by atoms with Crippen LogP contribution in [-0.2, 0) is 4.74 Å². The Morgan fingerprint density at radius 3 is 2.44 bits per heavy atom. The van der Waals surface area contributed by atoms with Crippen molar-refractivity contribution < 1.29 is 24.1 Å². The number of nitrogens with two attached hydrogens (primary N) is 1. The van der Waals surface area contributed by atoms with Gasteiger partial charge in [-0.15, -0.1) is 0 Å². The summed E-state index contributed by atoms with van der Waals surface area (Å²) in [6, 6.07) is 2.35. The Morgan fingerprint density at radius 1 is 1.33 bits per heavy atom. The Balaban J connectivity index is 3.40. The summed E-state index contributed by atoms with van der Waals surface area (Å²) in [6.45, 7) is -0.274. The minimum absolute atomic E-state index is 0.274. The number of aliphatic hydroxyl groups excluding tert-OH is 1. The standard InChI is InChI=1S/C12H17NO5/c1-16-10-5-7(12(15)18-3)4-8(9(13)6-14)11(10)17-2/h4-5,9,14H,6,13H2,1-3H3. The van der Waals surface area contributed by atoms with E-state index >= 15 is 0 Å². The van der Waals surface area contributed by atoms with Crippen LogP contribution in [-0.4, -0.2) is 39.0 Å². The highest BCUT2D eigenvalue weighted by Gasteiger charge is 2.20. The van der Waals surface area contributed by atoms with E-state index in [0.717, 1.165) is 0 Å². The molecular formula is C12H17NO5. The minimum Gasteiger partial charge on any atom is -0.493 e. The van der Waals surface area contributed by atoms with Gasteiger partial charge in [0.15, 0.2) is 11.5 Å². The van der Waals surface area contributed by atoms with Gasteiger partial charge in [0.25, 0.3) is 0 Å². The van der Waals surface area contributed by atoms with Gasteiger partial charge < -0.3 is 25.1 Å². The number of carbonyl (C=O) groups excluding carboxylic acids is 1. The molecule has 18 heavy (non-hydrogen) atoms. The number of rotatable bonds is 5. The minimum atomic E-state index is -0.668. The van der Waals surface area contributed by atoms with E-state index in [2.05, 4.69) is 4.74 Å². The van der Waals surface area contributed by atoms with Crippen molar-refractivity contribution in [2.24, 2.45) is 5.73 Å². The van der Waals surface area contributed by atoms with E-state index in [1.807, 2.05) is 0 Å². The van der Waals surface area contributed by atoms with Crippen LogP contribution in [0.4, 0.5) is 0 Å². The molecule has 6 heteroatoms. The predicted octanol–water partition coefficient (Wildman–Crippen LogP) is 0.482. The second-order valence-corrected chi connectivity index (χ2v) is 3.58. The monoisotopic (exact) mass is 255 g/mol. The maximum absolute atomic E-state index is 11.5. The van der Waals surface area contributed by atoms with Crippen LogP contribution in [0.25, 0.3) is 0 Å². The van der Waals surface area contributed by atoms with Crippen LogP contribution in [0.15, 0.2) is 12.1 Å². The topological polar surface area (TPSA) is 91.0 Å². The summed E-state index contributed by atoms with van der Waals surface area (Å²) in [5.74, 6) is 0.244. The van der Waals surface area contributed by atoms with E-state index in [4.69, 9.17) is 20.3 Å². The average molecular weight is 255 g/mol. The molecule has 0 spiro atoms. The number of ether oxygens (including phenoxy) is 3. The SMILES string of the molecule is COC(=O)c1cc(OC)c(OC)c(C(N)CO)c1. The van der Waals surface area contributed by atoms with Gasteiger partial charge in [0.2, 0.25) is 0 Å². The predicted molar refractivity (Wildman–Crippen MR) is 64.9 cm³/mol. The first-order chi connectivity index (χ1) is 8.58. The lowest BCUT2D eigenvalue weighted by Crippen LogP contribution is -2.17. The second kappa shape index (κ2) is 6.23. The van der Waals surface area contributed by atoms with E-state index < -0.39 is 12.0 Å². The van der Waals surface area contributed by atoms with Gasteiger partial charge in [0.1, 0.15) is 0 Å². The van der Waals surface area contributed by atoms with Gasteiger partial charge in [-0.1, -0.05) is 0 Å². The zero-order valence-corrected chi connectivity index (χ0v) is 10.6. The summed E-state index contributed by atoms with van der Waals surface area (Å²) in [5.41, 5.74) is 6.54. The molecule has 0 amide bonds. The Morgan fingerprint density at radius 2 is 2.00 bits per heavy atom. The molecule has 1 unspecified atom stereocenters. The number of hydrogen-bond acceptors (Lipinski definition) is 6. The first-order valence-corrected chi connectivity index (χ1v) is 5.29. The lowest BCUT2D eigenvalue weighted by atomic mass is 10.0. The molecule has 1 atom stereocenters. The van der Waals surface area contributed by atoms with Crippen LogP contribution in [0.5, 0.6) is 11.5 Å². The molecule has 100 valence electrons. The van der Waals surface area contributed by atoms with Crippen molar-refractivity contribution in [2.75, 3.05) is 27.9 Å². The summed E-state index contributed by atoms with van der Waals surface area (Å²) >= 11 is 0. The maximum atomic E-state index is 11.5. The second-order valence-electron chi connectivity index (χ2n) is 3.58. The van der Waals surface area contributed by atoms with Crippen LogP contribution in [0.1, 0.15) is 22.0 Å². The summed E-state index contributed by atoms with van der Waals surface area (Å²) in [7, 11) is 4.20. The zero-order valence-electron chi connectivity index (χ0n) is 10.6. The normalized spacial score (nSPS) is 11.8. The molecule has 0 aromatic heterocycles. The fourth-order valence-corrected chi connectivity index (χ4v) is 1.60. The van der Waals surface area contributed by atoms with Gasteiger partial charge >= 0.3 is 5.97 Å². The van der Waals surface area contributed by atoms with Crippen molar-refractivity contribution in [1.82, 2.24) is 0 Å². The van der Waals surface area contributed by atoms with Crippen LogP contribution < -0.4 is 15.2 Å². The van der Waals surface area contributed by atoms with Crippen molar-refractivity contribution in [3.8, 4) is 11.5 Å².